The number of halogens is 1. The molecule has 1 aromatic carbocycles. The predicted molar refractivity (Wildman–Crippen MR) is 132 cm³/mol. The molecule has 1 aliphatic carbocycles. The molecule has 2 fully saturated rings. The van der Waals surface area contributed by atoms with Gasteiger partial charge in [-0.1, -0.05) is 18.2 Å². The minimum atomic E-state index is 0. The van der Waals surface area contributed by atoms with E-state index in [0.717, 1.165) is 88.6 Å². The van der Waals surface area contributed by atoms with Crippen molar-refractivity contribution < 1.29 is 14.2 Å². The molecule has 170 valence electrons. The van der Waals surface area contributed by atoms with Crippen LogP contribution in [0.2, 0.25) is 0 Å². The molecule has 7 heteroatoms. The van der Waals surface area contributed by atoms with E-state index in [1.165, 1.54) is 12.8 Å². The van der Waals surface area contributed by atoms with Gasteiger partial charge in [0.25, 0.3) is 0 Å². The molecule has 1 heterocycles. The van der Waals surface area contributed by atoms with Crippen LogP contribution in [0.15, 0.2) is 29.3 Å². The van der Waals surface area contributed by atoms with E-state index in [2.05, 4.69) is 23.6 Å². The first-order valence-electron chi connectivity index (χ1n) is 11.2. The van der Waals surface area contributed by atoms with Crippen molar-refractivity contribution in [1.82, 2.24) is 10.6 Å². The number of hydrogen-bond donors (Lipinski definition) is 2. The lowest BCUT2D eigenvalue weighted by Crippen LogP contribution is -2.38. The van der Waals surface area contributed by atoms with Gasteiger partial charge in [0.15, 0.2) is 5.96 Å². The van der Waals surface area contributed by atoms with Crippen LogP contribution in [-0.4, -0.2) is 52.1 Å². The standard InChI is InChI=1S/C23H37N3O3.HI/c1-2-24-23(25-12-5-13-28-17-20-10-14-27-15-11-20)26-16-21-6-3-4-7-22(21)29-18-19-8-9-19;/h3-4,6-7,19-20H,2,5,8-18H2,1H3,(H2,24,25,26);1H. The maximum atomic E-state index is 5.99. The Morgan fingerprint density at radius 1 is 1.07 bits per heavy atom. The summed E-state index contributed by atoms with van der Waals surface area (Å²) in [5.74, 6) is 3.21. The van der Waals surface area contributed by atoms with Crippen LogP contribution in [0.3, 0.4) is 0 Å². The van der Waals surface area contributed by atoms with Crippen molar-refractivity contribution in [3.63, 3.8) is 0 Å². The highest BCUT2D eigenvalue weighted by Crippen LogP contribution is 2.30. The van der Waals surface area contributed by atoms with Gasteiger partial charge in [-0.3, -0.25) is 0 Å². The highest BCUT2D eigenvalue weighted by atomic mass is 127. The number of nitrogens with zero attached hydrogens (tertiary/aromatic N) is 1. The smallest absolute Gasteiger partial charge is 0.191 e. The van der Waals surface area contributed by atoms with E-state index in [4.69, 9.17) is 19.2 Å². The molecule has 30 heavy (non-hydrogen) atoms. The second kappa shape index (κ2) is 14.9. The molecule has 0 atom stereocenters. The zero-order valence-corrected chi connectivity index (χ0v) is 20.6. The van der Waals surface area contributed by atoms with Crippen LogP contribution in [0, 0.1) is 11.8 Å². The van der Waals surface area contributed by atoms with Crippen molar-refractivity contribution >= 4 is 29.9 Å². The SMILES string of the molecule is CCNC(=NCc1ccccc1OCC1CC1)NCCCOCC1CCOCC1.I. The van der Waals surface area contributed by atoms with Crippen molar-refractivity contribution in [1.29, 1.82) is 0 Å². The van der Waals surface area contributed by atoms with Gasteiger partial charge in [-0.25, -0.2) is 4.99 Å². The first kappa shape index (κ1) is 25.2. The topological polar surface area (TPSA) is 64.1 Å². The van der Waals surface area contributed by atoms with E-state index in [-0.39, 0.29) is 24.0 Å². The van der Waals surface area contributed by atoms with Gasteiger partial charge in [0, 0.05) is 45.1 Å². The van der Waals surface area contributed by atoms with Crippen LogP contribution in [0.25, 0.3) is 0 Å². The predicted octanol–water partition coefficient (Wildman–Crippen LogP) is 3.98. The molecular weight excluding hydrogens is 493 g/mol. The number of rotatable bonds is 12. The molecule has 0 bridgehead atoms. The molecule has 0 radical (unpaired) electrons. The summed E-state index contributed by atoms with van der Waals surface area (Å²) in [6.45, 7) is 8.60. The second-order valence-electron chi connectivity index (χ2n) is 7.97. The summed E-state index contributed by atoms with van der Waals surface area (Å²) in [4.78, 5) is 4.74. The summed E-state index contributed by atoms with van der Waals surface area (Å²) in [6.07, 6.45) is 5.82. The number of benzene rings is 1. The Morgan fingerprint density at radius 2 is 1.83 bits per heavy atom. The third-order valence-electron chi connectivity index (χ3n) is 5.35. The summed E-state index contributed by atoms with van der Waals surface area (Å²) < 4.78 is 17.2. The van der Waals surface area contributed by atoms with Crippen LogP contribution in [-0.2, 0) is 16.0 Å². The Kier molecular flexibility index (Phi) is 12.5. The first-order valence-corrected chi connectivity index (χ1v) is 11.2. The molecule has 2 N–H and O–H groups in total. The quantitative estimate of drug-likeness (QED) is 0.185. The third kappa shape index (κ3) is 9.83. The normalized spacial score (nSPS) is 17.3. The first-order chi connectivity index (χ1) is 14.3. The Labute approximate surface area is 198 Å². The van der Waals surface area contributed by atoms with Gasteiger partial charge in [-0.15, -0.1) is 24.0 Å². The molecule has 0 unspecified atom stereocenters. The van der Waals surface area contributed by atoms with E-state index in [1.807, 2.05) is 18.2 Å². The van der Waals surface area contributed by atoms with E-state index >= 15 is 0 Å². The zero-order valence-electron chi connectivity index (χ0n) is 18.2. The molecule has 1 aliphatic heterocycles. The summed E-state index contributed by atoms with van der Waals surface area (Å²) >= 11 is 0. The maximum absolute atomic E-state index is 5.99. The monoisotopic (exact) mass is 531 g/mol. The van der Waals surface area contributed by atoms with Gasteiger partial charge in [0.1, 0.15) is 5.75 Å². The van der Waals surface area contributed by atoms with Gasteiger partial charge in [-0.05, 0) is 56.9 Å². The molecule has 3 rings (SSSR count). The van der Waals surface area contributed by atoms with Crippen molar-refractivity contribution in [2.75, 3.05) is 46.1 Å². The van der Waals surface area contributed by atoms with Crippen LogP contribution >= 0.6 is 24.0 Å². The van der Waals surface area contributed by atoms with Gasteiger partial charge < -0.3 is 24.8 Å². The molecular formula is C23H38IN3O3. The van der Waals surface area contributed by atoms with Crippen molar-refractivity contribution in [3.8, 4) is 5.75 Å². The lowest BCUT2D eigenvalue weighted by atomic mass is 10.0. The van der Waals surface area contributed by atoms with Crippen molar-refractivity contribution in [2.45, 2.75) is 45.6 Å². The van der Waals surface area contributed by atoms with Crippen LogP contribution in [0.4, 0.5) is 0 Å². The molecule has 1 saturated heterocycles. The average molecular weight is 531 g/mol. The molecule has 6 nitrogen and oxygen atoms in total. The number of para-hydroxylation sites is 1. The second-order valence-corrected chi connectivity index (χ2v) is 7.97. The lowest BCUT2D eigenvalue weighted by Gasteiger charge is -2.21. The summed E-state index contributed by atoms with van der Waals surface area (Å²) in [5, 5.41) is 6.73. The summed E-state index contributed by atoms with van der Waals surface area (Å²) in [5.41, 5.74) is 1.13. The zero-order chi connectivity index (χ0) is 20.2. The van der Waals surface area contributed by atoms with E-state index in [0.29, 0.717) is 12.5 Å². The largest absolute Gasteiger partial charge is 0.493 e. The summed E-state index contributed by atoms with van der Waals surface area (Å²) in [6, 6.07) is 8.22. The van der Waals surface area contributed by atoms with Gasteiger partial charge in [-0.2, -0.15) is 0 Å². The number of ether oxygens (including phenoxy) is 3. The van der Waals surface area contributed by atoms with E-state index in [9.17, 15) is 0 Å². The lowest BCUT2D eigenvalue weighted by molar-refractivity contribution is 0.0203. The minimum absolute atomic E-state index is 0. The molecule has 2 aliphatic rings. The summed E-state index contributed by atoms with van der Waals surface area (Å²) in [7, 11) is 0. The average Bonchev–Trinajstić information content (AvgIpc) is 3.59. The third-order valence-corrected chi connectivity index (χ3v) is 5.35. The highest BCUT2D eigenvalue weighted by molar-refractivity contribution is 14.0. The molecule has 0 aromatic heterocycles. The Hall–Kier alpha value is -1.06. The van der Waals surface area contributed by atoms with Crippen molar-refractivity contribution in [3.05, 3.63) is 29.8 Å². The minimum Gasteiger partial charge on any atom is -0.493 e. The maximum Gasteiger partial charge on any atom is 0.191 e. The fraction of sp³-hybridized carbons (Fsp3) is 0.696. The number of nitrogens with one attached hydrogen (secondary N) is 2. The number of guanidine groups is 1. The number of hydrogen-bond acceptors (Lipinski definition) is 4. The van der Waals surface area contributed by atoms with Gasteiger partial charge >= 0.3 is 0 Å². The van der Waals surface area contributed by atoms with Crippen LogP contribution in [0.5, 0.6) is 5.75 Å². The fourth-order valence-electron chi connectivity index (χ4n) is 3.32. The molecule has 0 amide bonds. The Morgan fingerprint density at radius 3 is 2.60 bits per heavy atom. The Balaban J connectivity index is 0.00000320. The highest BCUT2D eigenvalue weighted by Gasteiger charge is 2.22. The van der Waals surface area contributed by atoms with Crippen molar-refractivity contribution in [2.24, 2.45) is 16.8 Å². The fourth-order valence-corrected chi connectivity index (χ4v) is 3.32. The van der Waals surface area contributed by atoms with E-state index in [1.54, 1.807) is 0 Å². The molecule has 0 spiro atoms. The molecule has 1 saturated carbocycles. The van der Waals surface area contributed by atoms with E-state index < -0.39 is 0 Å². The van der Waals surface area contributed by atoms with Crippen LogP contribution < -0.4 is 15.4 Å². The van der Waals surface area contributed by atoms with Gasteiger partial charge in [0.05, 0.1) is 13.2 Å². The molecule has 1 aromatic rings. The van der Waals surface area contributed by atoms with Gasteiger partial charge in [0.2, 0.25) is 0 Å². The number of aliphatic imine (C=N–C) groups is 1. The van der Waals surface area contributed by atoms with Crippen LogP contribution in [0.1, 0.15) is 44.6 Å². The Bertz CT molecular complexity index is 619.